The summed E-state index contributed by atoms with van der Waals surface area (Å²) in [7, 11) is 0. The van der Waals surface area contributed by atoms with E-state index >= 15 is 9.18 Å². The van der Waals surface area contributed by atoms with E-state index in [1.165, 1.54) is 6.07 Å². The van der Waals surface area contributed by atoms with Gasteiger partial charge in [-0.1, -0.05) is 55.8 Å². The summed E-state index contributed by atoms with van der Waals surface area (Å²) in [5.41, 5.74) is -2.55. The average molecular weight is 741 g/mol. The molecule has 4 aromatic rings. The second-order valence-corrected chi connectivity index (χ2v) is 14.6. The van der Waals surface area contributed by atoms with Crippen LogP contribution in [0.25, 0.3) is 16.9 Å². The van der Waals surface area contributed by atoms with Crippen molar-refractivity contribution in [1.29, 1.82) is 0 Å². The number of carbonyl (C=O) groups is 2. The van der Waals surface area contributed by atoms with Crippen molar-refractivity contribution in [3.63, 3.8) is 0 Å². The Balaban J connectivity index is 1.26. The lowest BCUT2D eigenvalue weighted by molar-refractivity contribution is -0.218. The molecular formula is C34H33ClF4N10O3. The summed E-state index contributed by atoms with van der Waals surface area (Å²) in [6.07, 6.45) is -2.63. The van der Waals surface area contributed by atoms with E-state index < -0.39 is 47.9 Å². The van der Waals surface area contributed by atoms with Gasteiger partial charge in [-0.2, -0.15) is 33.3 Å². The highest BCUT2D eigenvalue weighted by Crippen LogP contribution is 2.49. The normalized spacial score (nSPS) is 24.0. The fourth-order valence-electron chi connectivity index (χ4n) is 6.57. The van der Waals surface area contributed by atoms with Crippen LogP contribution in [0.3, 0.4) is 0 Å². The maximum atomic E-state index is 16.3. The van der Waals surface area contributed by atoms with Gasteiger partial charge in [0.1, 0.15) is 23.7 Å². The molecule has 2 aromatic carbocycles. The third-order valence-corrected chi connectivity index (χ3v) is 10.1. The predicted octanol–water partition coefficient (Wildman–Crippen LogP) is 6.09. The summed E-state index contributed by atoms with van der Waals surface area (Å²) < 4.78 is 66.8. The van der Waals surface area contributed by atoms with Crippen LogP contribution in [-0.2, 0) is 15.1 Å². The van der Waals surface area contributed by atoms with Gasteiger partial charge in [0.15, 0.2) is 5.82 Å². The minimum absolute atomic E-state index is 0.174. The molecule has 1 saturated heterocycles. The topological polar surface area (TPSA) is 144 Å². The van der Waals surface area contributed by atoms with Crippen LogP contribution in [0, 0.1) is 5.41 Å². The third-order valence-electron chi connectivity index (χ3n) is 9.82. The number of aromatic nitrogens is 6. The molecule has 2 saturated carbocycles. The summed E-state index contributed by atoms with van der Waals surface area (Å²) in [5, 5.41) is 18.8. The maximum absolute atomic E-state index is 16.3. The molecule has 2 aromatic heterocycles. The standard InChI is InChI=1S/C34H33ClF4N10O3/c1-32(2,34(37,38)39)16-33(20-6-3-18(4-7-20)24-14-42-49(46-24)21-8-9-21)29(50)47-26(15-40-31(51)52-22-10-11-22)19-5-12-23(35)25(13-19)48-28(41-17-43-48)27(36)44-30(47)45-33/h3-7,12-14,17,21-22,26-27H,8-11,15-16H2,1-2H3,(H,40,51)(H,44,45)/t26-,27?,33-/m1/s1. The molecule has 3 fully saturated rings. The number of halogens is 5. The Morgan fingerprint density at radius 3 is 2.54 bits per heavy atom. The number of benzene rings is 2. The number of nitrogens with one attached hydrogen (secondary N) is 2. The Labute approximate surface area is 299 Å². The molecule has 1 unspecified atom stereocenters. The molecule has 0 spiro atoms. The fourth-order valence-corrected chi connectivity index (χ4v) is 6.76. The lowest BCUT2D eigenvalue weighted by Gasteiger charge is -2.37. The van der Waals surface area contributed by atoms with Gasteiger partial charge in [-0.15, -0.1) is 0 Å². The van der Waals surface area contributed by atoms with Crippen molar-refractivity contribution in [2.75, 3.05) is 6.54 Å². The van der Waals surface area contributed by atoms with Gasteiger partial charge in [0, 0.05) is 12.1 Å². The predicted molar refractivity (Wildman–Crippen MR) is 178 cm³/mol. The Morgan fingerprint density at radius 2 is 1.85 bits per heavy atom. The smallest absolute Gasteiger partial charge is 0.407 e. The molecule has 272 valence electrons. The zero-order valence-corrected chi connectivity index (χ0v) is 28.7. The zero-order chi connectivity index (χ0) is 36.6. The molecule has 4 heterocycles. The van der Waals surface area contributed by atoms with Crippen LogP contribution in [-0.4, -0.2) is 71.4 Å². The van der Waals surface area contributed by atoms with Crippen molar-refractivity contribution in [2.45, 2.75) is 82.2 Å². The number of hydrogen-bond donors (Lipinski definition) is 2. The molecule has 2 aliphatic heterocycles. The molecule has 4 aliphatic rings. The number of alkyl halides is 4. The van der Waals surface area contributed by atoms with Gasteiger partial charge in [-0.05, 0) is 55.4 Å². The van der Waals surface area contributed by atoms with E-state index in [2.05, 4.69) is 35.9 Å². The van der Waals surface area contributed by atoms with Crippen molar-refractivity contribution in [3.8, 4) is 16.9 Å². The number of alkyl carbamates (subject to hydrolysis) is 1. The third kappa shape index (κ3) is 6.03. The van der Waals surface area contributed by atoms with Crippen LogP contribution in [0.15, 0.2) is 60.0 Å². The minimum Gasteiger partial charge on any atom is -0.446 e. The van der Waals surface area contributed by atoms with Gasteiger partial charge in [0.05, 0.1) is 34.4 Å². The molecule has 2 N–H and O–H groups in total. The number of carbonyl (C=O) groups excluding carboxylic acids is 2. The van der Waals surface area contributed by atoms with Crippen LogP contribution in [0.4, 0.5) is 22.4 Å². The first-order chi connectivity index (χ1) is 24.7. The van der Waals surface area contributed by atoms with Crippen molar-refractivity contribution < 1.29 is 31.9 Å². The van der Waals surface area contributed by atoms with Gasteiger partial charge in [0.2, 0.25) is 5.96 Å². The summed E-state index contributed by atoms with van der Waals surface area (Å²) in [6.45, 7) is 1.73. The van der Waals surface area contributed by atoms with Gasteiger partial charge in [-0.3, -0.25) is 9.69 Å². The number of ether oxygens (including phenoxy) is 1. The van der Waals surface area contributed by atoms with Crippen LogP contribution in [0.1, 0.15) is 81.3 Å². The van der Waals surface area contributed by atoms with Gasteiger partial charge < -0.3 is 15.4 Å². The number of fused-ring (bicyclic) bond motifs is 5. The molecule has 3 atom stereocenters. The Morgan fingerprint density at radius 1 is 1.10 bits per heavy atom. The van der Waals surface area contributed by atoms with Crippen LogP contribution < -0.4 is 10.6 Å². The summed E-state index contributed by atoms with van der Waals surface area (Å²) in [6, 6.07) is 10.2. The molecule has 2 amide bonds. The second kappa shape index (κ2) is 12.3. The summed E-state index contributed by atoms with van der Waals surface area (Å²) in [5.74, 6) is -1.48. The molecule has 2 bridgehead atoms. The van der Waals surface area contributed by atoms with Gasteiger partial charge in [0.25, 0.3) is 12.2 Å². The van der Waals surface area contributed by atoms with Crippen LogP contribution in [0.2, 0.25) is 5.02 Å². The molecule has 2 aliphatic carbocycles. The SMILES string of the molecule is CC(C)(C[C@]1(c2ccc(-c3cnn(C4CC4)n3)cc2)N/C2=N\C(F)c3ncnn3-c3cc(ccc3Cl)[C@@H](CNC(=O)OC3CC3)N2C1=O)C(F)(F)F. The molecule has 0 radical (unpaired) electrons. The largest absolute Gasteiger partial charge is 0.446 e. The number of guanidine groups is 1. The van der Waals surface area contributed by atoms with Crippen molar-refractivity contribution in [3.05, 3.63) is 77.0 Å². The molecule has 8 rings (SSSR count). The lowest BCUT2D eigenvalue weighted by Crippen LogP contribution is -2.50. The first-order valence-electron chi connectivity index (χ1n) is 16.8. The Bertz CT molecular complexity index is 2080. The minimum atomic E-state index is -4.74. The molecule has 13 nitrogen and oxygen atoms in total. The number of rotatable bonds is 8. The Kier molecular flexibility index (Phi) is 8.04. The van der Waals surface area contributed by atoms with E-state index in [9.17, 15) is 18.0 Å². The van der Waals surface area contributed by atoms with Crippen LogP contribution in [0.5, 0.6) is 0 Å². The second-order valence-electron chi connectivity index (χ2n) is 14.2. The highest BCUT2D eigenvalue weighted by molar-refractivity contribution is 6.32. The van der Waals surface area contributed by atoms with Gasteiger partial charge >= 0.3 is 12.3 Å². The molecule has 18 heteroatoms. The number of hydrogen-bond acceptors (Lipinski definition) is 9. The fraction of sp³-hybridized carbons (Fsp3) is 0.441. The number of nitrogens with zero attached hydrogens (tertiary/aromatic N) is 8. The highest BCUT2D eigenvalue weighted by Gasteiger charge is 2.60. The summed E-state index contributed by atoms with van der Waals surface area (Å²) in [4.78, 5) is 38.9. The monoisotopic (exact) mass is 740 g/mol. The van der Waals surface area contributed by atoms with E-state index in [1.807, 2.05) is 0 Å². The van der Waals surface area contributed by atoms with E-state index in [-0.39, 0.29) is 46.7 Å². The molecule has 52 heavy (non-hydrogen) atoms. The van der Waals surface area contributed by atoms with Crippen LogP contribution >= 0.6 is 11.6 Å². The highest BCUT2D eigenvalue weighted by atomic mass is 35.5. The lowest BCUT2D eigenvalue weighted by atomic mass is 9.74. The summed E-state index contributed by atoms with van der Waals surface area (Å²) >= 11 is 6.53. The van der Waals surface area contributed by atoms with Gasteiger partial charge in [-0.25, -0.2) is 23.8 Å². The van der Waals surface area contributed by atoms with Crippen molar-refractivity contribution in [1.82, 2.24) is 45.3 Å². The maximum Gasteiger partial charge on any atom is 0.407 e. The van der Waals surface area contributed by atoms with E-state index in [4.69, 9.17) is 16.3 Å². The average Bonchev–Trinajstić information content (AvgIpc) is 3.99. The van der Waals surface area contributed by atoms with E-state index in [0.717, 1.165) is 55.4 Å². The van der Waals surface area contributed by atoms with E-state index in [1.54, 1.807) is 47.4 Å². The van der Waals surface area contributed by atoms with Crippen molar-refractivity contribution >= 4 is 29.6 Å². The van der Waals surface area contributed by atoms with E-state index in [0.29, 0.717) is 16.8 Å². The van der Waals surface area contributed by atoms with Crippen molar-refractivity contribution in [2.24, 2.45) is 10.4 Å². The molecular weight excluding hydrogens is 708 g/mol. The first kappa shape index (κ1) is 34.0. The quantitative estimate of drug-likeness (QED) is 0.163. The zero-order valence-electron chi connectivity index (χ0n) is 27.9. The number of amides is 2. The Hall–Kier alpha value is -5.06. The first-order valence-corrected chi connectivity index (χ1v) is 17.2. The number of aliphatic imine (C=N–C) groups is 1.